The molecule has 1 rings (SSSR count). The Labute approximate surface area is 111 Å². The van der Waals surface area contributed by atoms with E-state index in [4.69, 9.17) is 0 Å². The third kappa shape index (κ3) is 4.77. The highest BCUT2D eigenvalue weighted by molar-refractivity contribution is 4.88. The molecule has 4 heteroatoms. The molecule has 0 radical (unpaired) electrons. The Bertz CT molecular complexity index is 332. The van der Waals surface area contributed by atoms with E-state index in [1.807, 2.05) is 4.68 Å². The molecule has 0 saturated carbocycles. The fourth-order valence-electron chi connectivity index (χ4n) is 1.96. The Morgan fingerprint density at radius 3 is 2.56 bits per heavy atom. The molecule has 4 nitrogen and oxygen atoms in total. The van der Waals surface area contributed by atoms with Crippen LogP contribution < -0.4 is 5.32 Å². The molecule has 0 fully saturated rings. The van der Waals surface area contributed by atoms with Crippen LogP contribution in [0.5, 0.6) is 0 Å². The van der Waals surface area contributed by atoms with Gasteiger partial charge in [-0.3, -0.25) is 4.68 Å². The van der Waals surface area contributed by atoms with Crippen molar-refractivity contribution in [2.75, 3.05) is 6.54 Å². The van der Waals surface area contributed by atoms with Gasteiger partial charge < -0.3 is 5.32 Å². The molecule has 0 aliphatic carbocycles. The lowest BCUT2D eigenvalue weighted by Crippen LogP contribution is -2.31. The average Bonchev–Trinajstić information content (AvgIpc) is 2.74. The summed E-state index contributed by atoms with van der Waals surface area (Å²) in [6.07, 6.45) is 3.80. The summed E-state index contributed by atoms with van der Waals surface area (Å²) in [5.74, 6) is 2.40. The molecule has 0 bridgehead atoms. The molecule has 1 heterocycles. The van der Waals surface area contributed by atoms with Crippen LogP contribution in [0.1, 0.15) is 46.9 Å². The lowest BCUT2D eigenvalue weighted by Gasteiger charge is -2.21. The summed E-state index contributed by atoms with van der Waals surface area (Å²) in [6, 6.07) is 0.559. The normalized spacial score (nSPS) is 15.0. The molecule has 18 heavy (non-hydrogen) atoms. The minimum Gasteiger partial charge on any atom is -0.314 e. The highest BCUT2D eigenvalue weighted by Gasteiger charge is 2.16. The molecule has 0 saturated heterocycles. The second-order valence-electron chi connectivity index (χ2n) is 5.62. The molecule has 0 aromatic carbocycles. The van der Waals surface area contributed by atoms with Crippen molar-refractivity contribution in [3.8, 4) is 0 Å². The Balaban J connectivity index is 2.47. The van der Waals surface area contributed by atoms with Gasteiger partial charge in [-0.25, -0.2) is 4.98 Å². The maximum atomic E-state index is 4.38. The Hall–Kier alpha value is -0.900. The zero-order valence-corrected chi connectivity index (χ0v) is 12.5. The monoisotopic (exact) mass is 252 g/mol. The van der Waals surface area contributed by atoms with Crippen molar-refractivity contribution in [3.63, 3.8) is 0 Å². The molecule has 0 spiro atoms. The van der Waals surface area contributed by atoms with E-state index in [9.17, 15) is 0 Å². The van der Waals surface area contributed by atoms with E-state index in [2.05, 4.69) is 50.0 Å². The Morgan fingerprint density at radius 2 is 1.94 bits per heavy atom. The third-order valence-corrected chi connectivity index (χ3v) is 3.46. The summed E-state index contributed by atoms with van der Waals surface area (Å²) in [7, 11) is 0. The predicted molar refractivity (Wildman–Crippen MR) is 75.5 cm³/mol. The second-order valence-corrected chi connectivity index (χ2v) is 5.62. The SMILES string of the molecule is CCCn1ncnc1CC(C)C(C)CNC(C)C. The zero-order chi connectivity index (χ0) is 13.5. The number of nitrogens with one attached hydrogen (secondary N) is 1. The summed E-state index contributed by atoms with van der Waals surface area (Å²) < 4.78 is 2.04. The van der Waals surface area contributed by atoms with Crippen LogP contribution in [0.4, 0.5) is 0 Å². The van der Waals surface area contributed by atoms with Crippen molar-refractivity contribution >= 4 is 0 Å². The third-order valence-electron chi connectivity index (χ3n) is 3.46. The summed E-state index contributed by atoms with van der Waals surface area (Å²) in [6.45, 7) is 13.2. The van der Waals surface area contributed by atoms with Crippen molar-refractivity contribution in [2.45, 2.75) is 60.0 Å². The molecule has 2 unspecified atom stereocenters. The fraction of sp³-hybridized carbons (Fsp3) is 0.857. The molecule has 1 aromatic heterocycles. The molecule has 1 aromatic rings. The summed E-state index contributed by atoms with van der Waals surface area (Å²) in [5, 5.41) is 7.79. The zero-order valence-electron chi connectivity index (χ0n) is 12.5. The van der Waals surface area contributed by atoms with Crippen LogP contribution in [0.2, 0.25) is 0 Å². The van der Waals surface area contributed by atoms with E-state index in [0.29, 0.717) is 17.9 Å². The molecule has 0 amide bonds. The second kappa shape index (κ2) is 7.52. The lowest BCUT2D eigenvalue weighted by molar-refractivity contribution is 0.344. The van der Waals surface area contributed by atoms with E-state index in [0.717, 1.165) is 31.8 Å². The van der Waals surface area contributed by atoms with Crippen LogP contribution in [0.3, 0.4) is 0 Å². The molecule has 0 aliphatic heterocycles. The van der Waals surface area contributed by atoms with Gasteiger partial charge in [0.05, 0.1) is 0 Å². The van der Waals surface area contributed by atoms with Gasteiger partial charge in [-0.05, 0) is 24.8 Å². The first-order valence-corrected chi connectivity index (χ1v) is 7.14. The van der Waals surface area contributed by atoms with Gasteiger partial charge in [0.15, 0.2) is 0 Å². The summed E-state index contributed by atoms with van der Waals surface area (Å²) >= 11 is 0. The molecule has 104 valence electrons. The van der Waals surface area contributed by atoms with Gasteiger partial charge in [-0.1, -0.05) is 34.6 Å². The van der Waals surface area contributed by atoms with Crippen LogP contribution in [0.15, 0.2) is 6.33 Å². The smallest absolute Gasteiger partial charge is 0.138 e. The van der Waals surface area contributed by atoms with Gasteiger partial charge >= 0.3 is 0 Å². The Kier molecular flexibility index (Phi) is 6.33. The molecular formula is C14H28N4. The highest BCUT2D eigenvalue weighted by Crippen LogP contribution is 2.15. The predicted octanol–water partition coefficient (Wildman–Crippen LogP) is 2.50. The largest absolute Gasteiger partial charge is 0.314 e. The van der Waals surface area contributed by atoms with Crippen LogP contribution in [-0.2, 0) is 13.0 Å². The van der Waals surface area contributed by atoms with Gasteiger partial charge in [0.2, 0.25) is 0 Å². The van der Waals surface area contributed by atoms with Gasteiger partial charge in [0.25, 0.3) is 0 Å². The molecule has 2 atom stereocenters. The van der Waals surface area contributed by atoms with Crippen LogP contribution in [0, 0.1) is 11.8 Å². The van der Waals surface area contributed by atoms with Gasteiger partial charge in [-0.2, -0.15) is 5.10 Å². The van der Waals surface area contributed by atoms with E-state index >= 15 is 0 Å². The quantitative estimate of drug-likeness (QED) is 0.773. The summed E-state index contributed by atoms with van der Waals surface area (Å²) in [5.41, 5.74) is 0. The summed E-state index contributed by atoms with van der Waals surface area (Å²) in [4.78, 5) is 4.38. The maximum absolute atomic E-state index is 4.38. The number of aromatic nitrogens is 3. The minimum absolute atomic E-state index is 0.559. The number of aryl methyl sites for hydroxylation is 1. The van der Waals surface area contributed by atoms with Gasteiger partial charge in [0.1, 0.15) is 12.2 Å². The van der Waals surface area contributed by atoms with Gasteiger partial charge in [0, 0.05) is 19.0 Å². The van der Waals surface area contributed by atoms with Gasteiger partial charge in [-0.15, -0.1) is 0 Å². The lowest BCUT2D eigenvalue weighted by atomic mass is 9.92. The molecule has 1 N–H and O–H groups in total. The number of rotatable bonds is 8. The number of hydrogen-bond donors (Lipinski definition) is 1. The van der Waals surface area contributed by atoms with Crippen LogP contribution >= 0.6 is 0 Å². The standard InChI is InChI=1S/C14H28N4/c1-6-7-18-14(16-10-17-18)8-12(4)13(5)9-15-11(2)3/h10-13,15H,6-9H2,1-5H3. The molecular weight excluding hydrogens is 224 g/mol. The first-order valence-electron chi connectivity index (χ1n) is 7.14. The first-order chi connectivity index (χ1) is 8.54. The number of hydrogen-bond acceptors (Lipinski definition) is 3. The van der Waals surface area contributed by atoms with Crippen LogP contribution in [0.25, 0.3) is 0 Å². The van der Waals surface area contributed by atoms with Crippen molar-refractivity contribution in [1.82, 2.24) is 20.1 Å². The highest BCUT2D eigenvalue weighted by atomic mass is 15.3. The minimum atomic E-state index is 0.559. The average molecular weight is 252 g/mol. The van der Waals surface area contributed by atoms with E-state index in [1.165, 1.54) is 0 Å². The first kappa shape index (κ1) is 15.2. The van der Waals surface area contributed by atoms with E-state index in [1.54, 1.807) is 6.33 Å². The Morgan fingerprint density at radius 1 is 1.22 bits per heavy atom. The van der Waals surface area contributed by atoms with Crippen molar-refractivity contribution in [3.05, 3.63) is 12.2 Å². The van der Waals surface area contributed by atoms with Crippen molar-refractivity contribution in [1.29, 1.82) is 0 Å². The number of nitrogens with zero attached hydrogens (tertiary/aromatic N) is 3. The molecule has 0 aliphatic rings. The maximum Gasteiger partial charge on any atom is 0.138 e. The van der Waals surface area contributed by atoms with Crippen LogP contribution in [-0.4, -0.2) is 27.4 Å². The van der Waals surface area contributed by atoms with Crippen molar-refractivity contribution < 1.29 is 0 Å². The van der Waals surface area contributed by atoms with Crippen molar-refractivity contribution in [2.24, 2.45) is 11.8 Å². The van der Waals surface area contributed by atoms with E-state index < -0.39 is 0 Å². The topological polar surface area (TPSA) is 42.7 Å². The van der Waals surface area contributed by atoms with E-state index in [-0.39, 0.29) is 0 Å². The fourth-order valence-corrected chi connectivity index (χ4v) is 1.96.